The van der Waals surface area contributed by atoms with E-state index in [2.05, 4.69) is 43.7 Å². The lowest BCUT2D eigenvalue weighted by atomic mass is 9.82. The Morgan fingerprint density at radius 1 is 0.853 bits per heavy atom. The number of ketones is 2. The summed E-state index contributed by atoms with van der Waals surface area (Å²) in [5.74, 6) is 2.09. The van der Waals surface area contributed by atoms with Gasteiger partial charge in [-0.3, -0.25) is 9.59 Å². The lowest BCUT2D eigenvalue weighted by molar-refractivity contribution is -0.887. The molecular weight excluding hydrogens is 464 g/mol. The second kappa shape index (κ2) is 12.1. The molecule has 0 radical (unpaired) electrons. The monoisotopic (exact) mass is 501 g/mol. The van der Waals surface area contributed by atoms with Crippen LogP contribution in [0.5, 0.6) is 0 Å². The van der Waals surface area contributed by atoms with E-state index in [9.17, 15) is 9.59 Å². The molecule has 0 aliphatic heterocycles. The highest BCUT2D eigenvalue weighted by Crippen LogP contribution is 2.36. The minimum atomic E-state index is -0.100. The smallest absolute Gasteiger partial charge is 0.196 e. The summed E-state index contributed by atoms with van der Waals surface area (Å²) in [5.41, 5.74) is 3.33. The molecule has 0 saturated carbocycles. The van der Waals surface area contributed by atoms with Crippen LogP contribution in [0.3, 0.4) is 0 Å². The van der Waals surface area contributed by atoms with Gasteiger partial charge in [-0.15, -0.1) is 0 Å². The first kappa shape index (κ1) is 26.6. The average Bonchev–Trinajstić information content (AvgIpc) is 2.81. The maximum atomic E-state index is 13.3. The Balaban J connectivity index is 1.58. The number of fused-ring (bicyclic) bond motifs is 2. The molecule has 34 heavy (non-hydrogen) atoms. The van der Waals surface area contributed by atoms with Crippen LogP contribution in [0, 0.1) is 0 Å². The van der Waals surface area contributed by atoms with Gasteiger partial charge in [-0.25, -0.2) is 0 Å². The Hall–Kier alpha value is -2.00. The number of rotatable bonds is 13. The predicted octanol–water partition coefficient (Wildman–Crippen LogP) is 4.33. The number of carbonyl (C=O) groups is 2. The molecule has 0 unspecified atom stereocenters. The molecule has 0 spiro atoms. The summed E-state index contributed by atoms with van der Waals surface area (Å²) in [7, 11) is 14.4. The van der Waals surface area contributed by atoms with Gasteiger partial charge in [0.2, 0.25) is 0 Å². The van der Waals surface area contributed by atoms with Gasteiger partial charge in [0.1, 0.15) is 0 Å². The summed E-state index contributed by atoms with van der Waals surface area (Å²) in [6, 6.07) is 10.9. The van der Waals surface area contributed by atoms with E-state index in [0.29, 0.717) is 27.9 Å². The van der Waals surface area contributed by atoms with Crippen molar-refractivity contribution in [3.8, 4) is 0 Å². The molecule has 6 nitrogen and oxygen atoms in total. The summed E-state index contributed by atoms with van der Waals surface area (Å²) in [6.45, 7) is 4.03. The van der Waals surface area contributed by atoms with Crippen LogP contribution >= 0.6 is 21.6 Å². The minimum Gasteiger partial charge on any atom is -0.388 e. The van der Waals surface area contributed by atoms with Gasteiger partial charge in [-0.05, 0) is 26.2 Å². The first-order valence-corrected chi connectivity index (χ1v) is 14.2. The molecule has 2 N–H and O–H groups in total. The largest absolute Gasteiger partial charge is 0.388 e. The van der Waals surface area contributed by atoms with E-state index in [1.807, 2.05) is 39.8 Å². The fraction of sp³-hybridized carbons (Fsp3) is 0.462. The van der Waals surface area contributed by atoms with E-state index in [1.54, 1.807) is 25.2 Å². The van der Waals surface area contributed by atoms with Crippen molar-refractivity contribution >= 4 is 44.5 Å². The Morgan fingerprint density at radius 3 is 2.06 bits per heavy atom. The Morgan fingerprint density at radius 2 is 1.44 bits per heavy atom. The van der Waals surface area contributed by atoms with Crippen molar-refractivity contribution in [2.75, 3.05) is 83.6 Å². The third-order valence-electron chi connectivity index (χ3n) is 6.09. The summed E-state index contributed by atoms with van der Waals surface area (Å²) in [4.78, 5) is 28.8. The molecule has 0 amide bonds. The van der Waals surface area contributed by atoms with E-state index in [0.717, 1.165) is 54.3 Å². The van der Waals surface area contributed by atoms with Crippen LogP contribution in [0.4, 0.5) is 11.4 Å². The number of hydrogen-bond acceptors (Lipinski definition) is 7. The van der Waals surface area contributed by atoms with E-state index < -0.39 is 0 Å². The van der Waals surface area contributed by atoms with Gasteiger partial charge >= 0.3 is 0 Å². The summed E-state index contributed by atoms with van der Waals surface area (Å²) in [6.07, 6.45) is 0.979. The average molecular weight is 502 g/mol. The van der Waals surface area contributed by atoms with Gasteiger partial charge < -0.3 is 20.0 Å². The number of nitrogens with one attached hydrogen (secondary N) is 2. The van der Waals surface area contributed by atoms with Gasteiger partial charge in [0.25, 0.3) is 0 Å². The fourth-order valence-corrected chi connectivity index (χ4v) is 6.44. The molecule has 184 valence electrons. The molecule has 2 aromatic carbocycles. The van der Waals surface area contributed by atoms with Crippen LogP contribution in [0.1, 0.15) is 38.3 Å². The molecule has 1 aliphatic carbocycles. The van der Waals surface area contributed by atoms with Crippen molar-refractivity contribution in [2.45, 2.75) is 6.42 Å². The van der Waals surface area contributed by atoms with Gasteiger partial charge in [-0.2, -0.15) is 0 Å². The van der Waals surface area contributed by atoms with Gasteiger partial charge in [0.05, 0.1) is 44.1 Å². The zero-order valence-corrected chi connectivity index (χ0v) is 22.6. The zero-order valence-electron chi connectivity index (χ0n) is 20.9. The fourth-order valence-electron chi connectivity index (χ4n) is 4.04. The van der Waals surface area contributed by atoms with Crippen molar-refractivity contribution < 1.29 is 14.1 Å². The first-order chi connectivity index (χ1) is 16.2. The predicted molar refractivity (Wildman–Crippen MR) is 148 cm³/mol. The van der Waals surface area contributed by atoms with Crippen LogP contribution in [0.25, 0.3) is 0 Å². The Bertz CT molecular complexity index is 1020. The van der Waals surface area contributed by atoms with Gasteiger partial charge in [0.15, 0.2) is 11.6 Å². The molecule has 0 heterocycles. The first-order valence-electron chi connectivity index (χ1n) is 11.7. The van der Waals surface area contributed by atoms with E-state index in [4.69, 9.17) is 0 Å². The Labute approximate surface area is 211 Å². The molecule has 3 rings (SSSR count). The van der Waals surface area contributed by atoms with Crippen molar-refractivity contribution in [1.82, 2.24) is 4.90 Å². The van der Waals surface area contributed by atoms with Crippen LogP contribution in [-0.4, -0.2) is 93.9 Å². The number of quaternary nitrogens is 1. The van der Waals surface area contributed by atoms with Crippen molar-refractivity contribution in [3.63, 3.8) is 0 Å². The zero-order chi connectivity index (χ0) is 24.7. The van der Waals surface area contributed by atoms with E-state index in [1.165, 1.54) is 0 Å². The van der Waals surface area contributed by atoms with E-state index in [-0.39, 0.29) is 11.6 Å². The topological polar surface area (TPSA) is 61.4 Å². The molecule has 0 fully saturated rings. The Kier molecular flexibility index (Phi) is 9.47. The SMILES string of the molecule is CNc1ccc(NCCC[N+](C)(C)CCSSCCN(C)C)c2c1C(=O)c1ccccc1C2=O. The highest BCUT2D eigenvalue weighted by Gasteiger charge is 2.33. The van der Waals surface area contributed by atoms with Gasteiger partial charge in [-0.1, -0.05) is 45.9 Å². The molecule has 0 aromatic heterocycles. The standard InChI is InChI=1S/C26H36N4O2S2/c1-27-21-11-12-22(24-23(21)25(31)19-9-6-7-10-20(19)26(24)32)28-13-8-15-30(4,5)16-18-34-33-17-14-29(2)3/h6-7,9-12H,8,13-18H2,1-5H3,(H-,27,28,31,32)/p+1. The van der Waals surface area contributed by atoms with Gasteiger partial charge in [0, 0.05) is 54.8 Å². The quantitative estimate of drug-likeness (QED) is 0.205. The summed E-state index contributed by atoms with van der Waals surface area (Å²) in [5, 5.41) is 6.53. The van der Waals surface area contributed by atoms with Crippen molar-refractivity contribution in [1.29, 1.82) is 0 Å². The molecule has 0 bridgehead atoms. The van der Waals surface area contributed by atoms with E-state index >= 15 is 0 Å². The third-order valence-corrected chi connectivity index (χ3v) is 8.45. The molecule has 0 saturated heterocycles. The normalized spacial score (nSPS) is 13.1. The second-order valence-corrected chi connectivity index (χ2v) is 12.2. The summed E-state index contributed by atoms with van der Waals surface area (Å²) >= 11 is 0. The molecular formula is C26H37N4O2S2+. The second-order valence-electron chi connectivity index (χ2n) is 9.48. The van der Waals surface area contributed by atoms with Crippen LogP contribution in [0.15, 0.2) is 36.4 Å². The molecule has 8 heteroatoms. The van der Waals surface area contributed by atoms with Crippen molar-refractivity contribution in [3.05, 3.63) is 58.7 Å². The highest BCUT2D eigenvalue weighted by molar-refractivity contribution is 8.76. The maximum Gasteiger partial charge on any atom is 0.196 e. The number of anilines is 2. The summed E-state index contributed by atoms with van der Waals surface area (Å²) < 4.78 is 0.963. The third kappa shape index (κ3) is 6.56. The molecule has 1 aliphatic rings. The van der Waals surface area contributed by atoms with Crippen LogP contribution < -0.4 is 10.6 Å². The highest BCUT2D eigenvalue weighted by atomic mass is 33.1. The van der Waals surface area contributed by atoms with Crippen LogP contribution in [0.2, 0.25) is 0 Å². The lowest BCUT2D eigenvalue weighted by Gasteiger charge is -2.30. The number of carbonyl (C=O) groups excluding carboxylic acids is 2. The van der Waals surface area contributed by atoms with Crippen molar-refractivity contribution in [2.24, 2.45) is 0 Å². The molecule has 0 atom stereocenters. The number of benzene rings is 2. The number of hydrogen-bond donors (Lipinski definition) is 2. The van der Waals surface area contributed by atoms with Crippen LogP contribution in [-0.2, 0) is 0 Å². The number of nitrogens with zero attached hydrogens (tertiary/aromatic N) is 2. The minimum absolute atomic E-state index is 0.0929. The maximum absolute atomic E-state index is 13.3. The molecule has 2 aromatic rings. The lowest BCUT2D eigenvalue weighted by Crippen LogP contribution is -2.42.